The Hall–Kier alpha value is -2.91. The SMILES string of the molecule is CCOC(=O)c1cnc(Cc2nnn(C)n2)c([N+](=O)[O-])c1. The molecule has 0 saturated carbocycles. The van der Waals surface area contributed by atoms with Gasteiger partial charge in [0.1, 0.15) is 5.69 Å². The molecule has 0 amide bonds. The molecular formula is C11H12N6O4. The maximum absolute atomic E-state index is 11.6. The molecule has 0 fully saturated rings. The lowest BCUT2D eigenvalue weighted by Gasteiger charge is -2.03. The molecule has 0 aliphatic carbocycles. The molecule has 0 atom stereocenters. The lowest BCUT2D eigenvalue weighted by atomic mass is 10.2. The second-order valence-corrected chi connectivity index (χ2v) is 4.04. The first-order valence-electron chi connectivity index (χ1n) is 6.04. The summed E-state index contributed by atoms with van der Waals surface area (Å²) in [5.74, 6) is -0.353. The minimum Gasteiger partial charge on any atom is -0.462 e. The average Bonchev–Trinajstić information content (AvgIpc) is 2.84. The predicted octanol–water partition coefficient (Wildman–Crippen LogP) is 0.281. The number of carbonyl (C=O) groups excluding carboxylic acids is 1. The zero-order valence-electron chi connectivity index (χ0n) is 11.4. The van der Waals surface area contributed by atoms with E-state index in [1.165, 1.54) is 11.0 Å². The Morgan fingerprint density at radius 2 is 2.29 bits per heavy atom. The van der Waals surface area contributed by atoms with Gasteiger partial charge >= 0.3 is 5.97 Å². The lowest BCUT2D eigenvalue weighted by molar-refractivity contribution is -0.385. The molecule has 0 aromatic carbocycles. The second-order valence-electron chi connectivity index (χ2n) is 4.04. The van der Waals surface area contributed by atoms with Crippen LogP contribution >= 0.6 is 0 Å². The van der Waals surface area contributed by atoms with E-state index in [0.29, 0.717) is 5.82 Å². The van der Waals surface area contributed by atoms with Gasteiger partial charge in [-0.05, 0) is 12.1 Å². The van der Waals surface area contributed by atoms with Gasteiger partial charge in [-0.15, -0.1) is 10.2 Å². The van der Waals surface area contributed by atoms with Crippen molar-refractivity contribution >= 4 is 11.7 Å². The fraction of sp³-hybridized carbons (Fsp3) is 0.364. The number of esters is 1. The summed E-state index contributed by atoms with van der Waals surface area (Å²) in [5.41, 5.74) is -0.103. The predicted molar refractivity (Wildman–Crippen MR) is 68.5 cm³/mol. The van der Waals surface area contributed by atoms with E-state index in [1.54, 1.807) is 14.0 Å². The van der Waals surface area contributed by atoms with Gasteiger partial charge in [0.15, 0.2) is 5.82 Å². The minimum atomic E-state index is -0.655. The highest BCUT2D eigenvalue weighted by atomic mass is 16.6. The molecule has 0 aliphatic heterocycles. The first-order chi connectivity index (χ1) is 10.0. The van der Waals surface area contributed by atoms with Gasteiger partial charge in [0.25, 0.3) is 5.69 Å². The molecule has 21 heavy (non-hydrogen) atoms. The lowest BCUT2D eigenvalue weighted by Crippen LogP contribution is -2.08. The zero-order valence-corrected chi connectivity index (χ0v) is 11.4. The summed E-state index contributed by atoms with van der Waals surface area (Å²) in [4.78, 5) is 27.3. The Balaban J connectivity index is 2.33. The highest BCUT2D eigenvalue weighted by Gasteiger charge is 2.21. The second kappa shape index (κ2) is 6.03. The smallest absolute Gasteiger partial charge is 0.339 e. The van der Waals surface area contributed by atoms with Crippen molar-refractivity contribution in [1.82, 2.24) is 25.2 Å². The van der Waals surface area contributed by atoms with Gasteiger partial charge in [-0.3, -0.25) is 15.1 Å². The Labute approximate surface area is 118 Å². The summed E-state index contributed by atoms with van der Waals surface area (Å²) in [6.07, 6.45) is 1.28. The van der Waals surface area contributed by atoms with Crippen LogP contribution in [0.5, 0.6) is 0 Å². The Kier molecular flexibility index (Phi) is 4.16. The fourth-order valence-corrected chi connectivity index (χ4v) is 1.65. The highest BCUT2D eigenvalue weighted by molar-refractivity contribution is 5.89. The van der Waals surface area contributed by atoms with Gasteiger partial charge in [0, 0.05) is 12.3 Å². The normalized spacial score (nSPS) is 10.4. The summed E-state index contributed by atoms with van der Waals surface area (Å²) in [6, 6.07) is 1.14. The fourth-order valence-electron chi connectivity index (χ4n) is 1.65. The van der Waals surface area contributed by atoms with Crippen molar-refractivity contribution in [3.63, 3.8) is 0 Å². The summed E-state index contributed by atoms with van der Waals surface area (Å²) in [6.45, 7) is 1.83. The van der Waals surface area contributed by atoms with Crippen LogP contribution in [-0.4, -0.2) is 42.7 Å². The first kappa shape index (κ1) is 14.5. The molecule has 0 spiro atoms. The van der Waals surface area contributed by atoms with Crippen molar-refractivity contribution in [2.24, 2.45) is 7.05 Å². The number of hydrogen-bond donors (Lipinski definition) is 0. The van der Waals surface area contributed by atoms with Crippen molar-refractivity contribution in [2.75, 3.05) is 6.61 Å². The van der Waals surface area contributed by atoms with Crippen LogP contribution in [0.4, 0.5) is 5.69 Å². The maximum Gasteiger partial charge on any atom is 0.339 e. The third-order valence-electron chi connectivity index (χ3n) is 2.53. The monoisotopic (exact) mass is 292 g/mol. The van der Waals surface area contributed by atoms with Crippen LogP contribution in [0.3, 0.4) is 0 Å². The quantitative estimate of drug-likeness (QED) is 0.437. The van der Waals surface area contributed by atoms with E-state index >= 15 is 0 Å². The number of aromatic nitrogens is 5. The Morgan fingerprint density at radius 1 is 1.52 bits per heavy atom. The molecule has 0 saturated heterocycles. The largest absolute Gasteiger partial charge is 0.462 e. The van der Waals surface area contributed by atoms with Gasteiger partial charge < -0.3 is 4.74 Å². The molecule has 0 unspecified atom stereocenters. The van der Waals surface area contributed by atoms with E-state index in [1.807, 2.05) is 0 Å². The van der Waals surface area contributed by atoms with Gasteiger partial charge in [0.05, 0.1) is 30.6 Å². The number of aryl methyl sites for hydroxylation is 1. The molecule has 110 valence electrons. The van der Waals surface area contributed by atoms with Crippen LogP contribution in [0.25, 0.3) is 0 Å². The van der Waals surface area contributed by atoms with Crippen molar-refractivity contribution in [1.29, 1.82) is 0 Å². The van der Waals surface area contributed by atoms with E-state index in [0.717, 1.165) is 6.07 Å². The van der Waals surface area contributed by atoms with Gasteiger partial charge in [-0.1, -0.05) is 0 Å². The molecule has 10 nitrogen and oxygen atoms in total. The van der Waals surface area contributed by atoms with Crippen molar-refractivity contribution in [3.05, 3.63) is 39.5 Å². The van der Waals surface area contributed by atoms with Crippen molar-refractivity contribution < 1.29 is 14.5 Å². The van der Waals surface area contributed by atoms with Gasteiger partial charge in [-0.25, -0.2) is 4.79 Å². The molecule has 2 heterocycles. The van der Waals surface area contributed by atoms with E-state index < -0.39 is 10.9 Å². The molecule has 0 radical (unpaired) electrons. The van der Waals surface area contributed by atoms with Gasteiger partial charge in [-0.2, -0.15) is 4.80 Å². The van der Waals surface area contributed by atoms with E-state index in [4.69, 9.17) is 4.74 Å². The number of tetrazole rings is 1. The van der Waals surface area contributed by atoms with E-state index in [-0.39, 0.29) is 30.0 Å². The third kappa shape index (κ3) is 3.35. The summed E-state index contributed by atoms with van der Waals surface area (Å²) in [5, 5.41) is 22.4. The number of rotatable bonds is 5. The van der Waals surface area contributed by atoms with Crippen LogP contribution < -0.4 is 0 Å². The number of hydrogen-bond acceptors (Lipinski definition) is 8. The zero-order chi connectivity index (χ0) is 15.4. The topological polar surface area (TPSA) is 126 Å². The Morgan fingerprint density at radius 3 is 2.86 bits per heavy atom. The number of nitrogens with zero attached hydrogens (tertiary/aromatic N) is 6. The third-order valence-corrected chi connectivity index (χ3v) is 2.53. The number of pyridine rings is 1. The Bertz CT molecular complexity index is 683. The van der Waals surface area contributed by atoms with Crippen molar-refractivity contribution in [3.8, 4) is 0 Å². The average molecular weight is 292 g/mol. The van der Waals surface area contributed by atoms with Crippen LogP contribution in [0, 0.1) is 10.1 Å². The molecule has 0 aliphatic rings. The summed E-state index contributed by atoms with van der Waals surface area (Å²) >= 11 is 0. The molecule has 2 aromatic heterocycles. The van der Waals surface area contributed by atoms with E-state index in [2.05, 4.69) is 20.4 Å². The highest BCUT2D eigenvalue weighted by Crippen LogP contribution is 2.20. The molecule has 0 N–H and O–H groups in total. The van der Waals surface area contributed by atoms with E-state index in [9.17, 15) is 14.9 Å². The first-order valence-corrected chi connectivity index (χ1v) is 6.04. The molecule has 10 heteroatoms. The molecule has 2 aromatic rings. The van der Waals surface area contributed by atoms with Crippen molar-refractivity contribution in [2.45, 2.75) is 13.3 Å². The summed E-state index contributed by atoms with van der Waals surface area (Å²) < 4.78 is 4.78. The molecule has 2 rings (SSSR count). The van der Waals surface area contributed by atoms with Crippen LogP contribution in [0.1, 0.15) is 28.8 Å². The number of carbonyl (C=O) groups is 1. The standard InChI is InChI=1S/C11H12N6O4/c1-3-21-11(18)7-4-9(17(19)20)8(12-6-7)5-10-13-15-16(2)14-10/h4,6H,3,5H2,1-2H3. The van der Waals surface area contributed by atoms with Crippen LogP contribution in [0.2, 0.25) is 0 Å². The number of ether oxygens (including phenoxy) is 1. The molecule has 0 bridgehead atoms. The van der Waals surface area contributed by atoms with Gasteiger partial charge in [0.2, 0.25) is 0 Å². The summed E-state index contributed by atoms with van der Waals surface area (Å²) in [7, 11) is 1.59. The minimum absolute atomic E-state index is 0.0272. The maximum atomic E-state index is 11.6. The van der Waals surface area contributed by atoms with Crippen LogP contribution in [0.15, 0.2) is 12.3 Å². The molecular weight excluding hydrogens is 280 g/mol. The number of nitro groups is 1. The van der Waals surface area contributed by atoms with Crippen LogP contribution in [-0.2, 0) is 18.2 Å².